The van der Waals surface area contributed by atoms with Crippen LogP contribution < -0.4 is 0 Å². The fourth-order valence-electron chi connectivity index (χ4n) is 7.59. The fourth-order valence-corrected chi connectivity index (χ4v) is 9.51. The van der Waals surface area contributed by atoms with Crippen molar-refractivity contribution in [3.8, 4) is 44.5 Å². The summed E-state index contributed by atoms with van der Waals surface area (Å²) in [6, 6.07) is 29.1. The molecule has 5 heterocycles. The van der Waals surface area contributed by atoms with Gasteiger partial charge in [-0.05, 0) is 119 Å². The van der Waals surface area contributed by atoms with Gasteiger partial charge in [0, 0.05) is 44.3 Å². The molecule has 0 radical (unpaired) electrons. The third-order valence-electron chi connectivity index (χ3n) is 10.5. The Labute approximate surface area is 384 Å². The van der Waals surface area contributed by atoms with Gasteiger partial charge in [-0.1, -0.05) is 48.5 Å². The molecule has 0 spiro atoms. The number of rotatable bonds is 8. The number of fused-ring (bicyclic) bond motifs is 8. The quantitative estimate of drug-likeness (QED) is 0.0617. The zero-order valence-corrected chi connectivity index (χ0v) is 37.6. The van der Waals surface area contributed by atoms with Crippen molar-refractivity contribution < 1.29 is 72.3 Å². The normalized spacial score (nSPS) is 12.9. The predicted molar refractivity (Wildman–Crippen MR) is 240 cm³/mol. The van der Waals surface area contributed by atoms with Crippen molar-refractivity contribution in [3.63, 3.8) is 0 Å². The van der Waals surface area contributed by atoms with Crippen LogP contribution in [-0.2, 0) is 60.9 Å². The number of nitrogens with one attached hydrogen (secondary N) is 2. The molecule has 9 rings (SSSR count). The summed E-state index contributed by atoms with van der Waals surface area (Å²) in [4.78, 5) is 15.6. The Morgan fingerprint density at radius 3 is 0.785 bits per heavy atom. The van der Waals surface area contributed by atoms with E-state index in [-0.39, 0.29) is 40.0 Å². The van der Waals surface area contributed by atoms with Gasteiger partial charge in [0.2, 0.25) is 0 Å². The van der Waals surface area contributed by atoms with Gasteiger partial charge in [-0.25, -0.2) is 9.97 Å². The monoisotopic (exact) mass is 1040 g/mol. The van der Waals surface area contributed by atoms with Crippen LogP contribution in [0.1, 0.15) is 22.8 Å². The molecule has 8 bridgehead atoms. The number of hydrogen-bond acceptors (Lipinski definition) is 10. The van der Waals surface area contributed by atoms with E-state index in [0.717, 1.165) is 0 Å². The summed E-state index contributed by atoms with van der Waals surface area (Å²) in [5.41, 5.74) is 7.41. The minimum Gasteiger partial charge on any atom is -0.354 e. The van der Waals surface area contributed by atoms with Crippen LogP contribution in [0.15, 0.2) is 141 Å². The molecule has 21 heteroatoms. The number of benzene rings is 4. The number of aromatic nitrogens is 4. The number of aromatic amines is 2. The number of nitrogens with zero attached hydrogens (tertiary/aromatic N) is 2. The molecule has 16 nitrogen and oxygen atoms in total. The summed E-state index contributed by atoms with van der Waals surface area (Å²) in [6.07, 6.45) is 6.88. The summed E-state index contributed by atoms with van der Waals surface area (Å²) in [5, 5.41) is 0. The topological polar surface area (TPSA) is 275 Å². The van der Waals surface area contributed by atoms with Crippen molar-refractivity contribution in [1.82, 2.24) is 19.9 Å². The van der Waals surface area contributed by atoms with Crippen LogP contribution in [0.3, 0.4) is 0 Å². The van der Waals surface area contributed by atoms with E-state index in [2.05, 4.69) is 9.97 Å². The number of H-pyrrole nitrogens is 2. The molecule has 3 aromatic heterocycles. The summed E-state index contributed by atoms with van der Waals surface area (Å²) in [5.74, 6) is 0. The van der Waals surface area contributed by atoms with Gasteiger partial charge in [-0.15, -0.1) is 0 Å². The molecule has 2 aliphatic rings. The standard InChI is InChI=1S/C44H30N4O12S4.Pd/c49-61(50,51)29-9-1-25(2-10-29)41-33-17-19-35(45-33)42(26-3-11-30(12-4-26)62(52,53)54)37-21-23-39(47-37)44(28-7-15-32(16-8-28)64(58,59)60)40-24-22-38(48-40)43(36-20-18-34(41)46-36)27-5-13-31(14-6-27)63(55,56)57;/h1-24,45-46H,(H,49,50,51)(H,52,53,54)(H,55,56,57)(H,58,59,60);/q;+2. The van der Waals surface area contributed by atoms with Crippen molar-refractivity contribution in [3.05, 3.63) is 144 Å². The summed E-state index contributed by atoms with van der Waals surface area (Å²) in [7, 11) is -18.2. The average molecular weight is 1040 g/mol. The van der Waals surface area contributed by atoms with Crippen LogP contribution >= 0.6 is 0 Å². The van der Waals surface area contributed by atoms with E-state index < -0.39 is 40.5 Å². The molecular weight excluding hydrogens is 1010 g/mol. The van der Waals surface area contributed by atoms with E-state index in [1.807, 2.05) is 0 Å². The second-order valence-corrected chi connectivity index (χ2v) is 20.2. The van der Waals surface area contributed by atoms with Crippen LogP contribution in [0, 0.1) is 0 Å². The Hall–Kier alpha value is -6.22. The summed E-state index contributed by atoms with van der Waals surface area (Å²) in [6.45, 7) is 0. The van der Waals surface area contributed by atoms with E-state index in [9.17, 15) is 51.9 Å². The minimum atomic E-state index is -4.55. The van der Waals surface area contributed by atoms with Crippen LogP contribution in [0.4, 0.5) is 0 Å². The van der Waals surface area contributed by atoms with Crippen LogP contribution in [-0.4, -0.2) is 71.8 Å². The Balaban J connectivity index is 0.00000576. The van der Waals surface area contributed by atoms with Crippen molar-refractivity contribution in [2.75, 3.05) is 0 Å². The van der Waals surface area contributed by atoms with Crippen molar-refractivity contribution in [2.45, 2.75) is 19.6 Å². The molecule has 0 aliphatic carbocycles. The molecule has 65 heavy (non-hydrogen) atoms. The maximum Gasteiger partial charge on any atom is 2.00 e. The largest absolute Gasteiger partial charge is 2.00 e. The van der Waals surface area contributed by atoms with Crippen LogP contribution in [0.5, 0.6) is 0 Å². The van der Waals surface area contributed by atoms with Gasteiger partial charge in [-0.3, -0.25) is 18.2 Å². The Kier molecular flexibility index (Phi) is 11.6. The average Bonchev–Trinajstić information content (AvgIpc) is 4.08. The first-order chi connectivity index (χ1) is 30.2. The van der Waals surface area contributed by atoms with Gasteiger partial charge in [-0.2, -0.15) is 33.7 Å². The van der Waals surface area contributed by atoms with Gasteiger partial charge in [0.25, 0.3) is 40.5 Å². The summed E-state index contributed by atoms with van der Waals surface area (Å²) >= 11 is 0. The van der Waals surface area contributed by atoms with Crippen molar-refractivity contribution in [2.24, 2.45) is 0 Å². The van der Waals surface area contributed by atoms with E-state index in [1.165, 1.54) is 97.1 Å². The second kappa shape index (κ2) is 16.6. The molecule has 0 saturated heterocycles. The summed E-state index contributed by atoms with van der Waals surface area (Å²) < 4.78 is 135. The van der Waals surface area contributed by atoms with Crippen LogP contribution in [0.25, 0.3) is 90.9 Å². The van der Waals surface area contributed by atoms with Gasteiger partial charge in [0.05, 0.1) is 42.4 Å². The first-order valence-electron chi connectivity index (χ1n) is 18.7. The minimum absolute atomic E-state index is 0. The smallest absolute Gasteiger partial charge is 0.354 e. The Morgan fingerprint density at radius 1 is 0.308 bits per heavy atom. The third kappa shape index (κ3) is 8.94. The van der Waals surface area contributed by atoms with Gasteiger partial charge < -0.3 is 9.97 Å². The molecule has 0 atom stereocenters. The van der Waals surface area contributed by atoms with E-state index >= 15 is 0 Å². The SMILES string of the molecule is O=S(=O)(O)c1ccc(-c2c3nc(c(-c4ccc(S(=O)(=O)O)cc4)c4ccc([nH]4)c(-c4ccc(S(=O)(=O)O)cc4)c4ccc([nH]4)c(-c4ccc(S(=O)(=O)O)cc4)c4nc2C=C4)C=C3)cc1.[Pd+2]. The van der Waals surface area contributed by atoms with Crippen molar-refractivity contribution in [1.29, 1.82) is 0 Å². The van der Waals surface area contributed by atoms with E-state index in [1.54, 1.807) is 48.6 Å². The molecule has 0 saturated carbocycles. The number of hydrogen-bond donors (Lipinski definition) is 6. The molecule has 0 amide bonds. The predicted octanol–water partition coefficient (Wildman–Crippen LogP) is 8.31. The van der Waals surface area contributed by atoms with Gasteiger partial charge in [0.15, 0.2) is 0 Å². The fraction of sp³-hybridized carbons (Fsp3) is 0. The third-order valence-corrected chi connectivity index (χ3v) is 14.0. The van der Waals surface area contributed by atoms with Crippen molar-refractivity contribution >= 4 is 86.8 Å². The van der Waals surface area contributed by atoms with E-state index in [0.29, 0.717) is 89.4 Å². The maximum absolute atomic E-state index is 12.0. The Bertz CT molecular complexity index is 3620. The maximum atomic E-state index is 12.0. The molecule has 2 aliphatic heterocycles. The molecule has 0 fully saturated rings. The molecular formula is C44H30N4O12PdS4+2. The zero-order valence-electron chi connectivity index (χ0n) is 32.8. The van der Waals surface area contributed by atoms with E-state index in [4.69, 9.17) is 9.97 Å². The first kappa shape index (κ1) is 45.4. The molecule has 7 aromatic rings. The molecule has 0 unspecified atom stereocenters. The molecule has 330 valence electrons. The van der Waals surface area contributed by atoms with Gasteiger partial charge in [0.1, 0.15) is 0 Å². The molecule has 6 N–H and O–H groups in total. The van der Waals surface area contributed by atoms with Gasteiger partial charge >= 0.3 is 20.4 Å². The Morgan fingerprint density at radius 2 is 0.523 bits per heavy atom. The first-order valence-corrected chi connectivity index (χ1v) is 24.5. The zero-order chi connectivity index (χ0) is 45.3. The van der Waals surface area contributed by atoms with Crippen LogP contribution in [0.2, 0.25) is 0 Å². The molecule has 4 aromatic carbocycles. The second-order valence-electron chi connectivity index (χ2n) is 14.5.